The molecule has 33 heavy (non-hydrogen) atoms. The predicted molar refractivity (Wildman–Crippen MR) is 120 cm³/mol. The molecule has 3 rings (SSSR count). The monoisotopic (exact) mass is 445 g/mol. The van der Waals surface area contributed by atoms with Crippen molar-refractivity contribution >= 4 is 29.5 Å². The van der Waals surface area contributed by atoms with Crippen LogP contribution < -0.4 is 15.6 Å². The fraction of sp³-hybridized carbons (Fsp3) is 0.0417. The first-order chi connectivity index (χ1) is 15.8. The van der Waals surface area contributed by atoms with E-state index in [1.165, 1.54) is 36.4 Å². The zero-order valence-electron chi connectivity index (χ0n) is 17.5. The first-order valence-electron chi connectivity index (χ1n) is 9.74. The number of rotatable bonds is 6. The number of benzene rings is 3. The number of non-ortho nitro benzene ring substituents is 1. The maximum Gasteiger partial charge on any atom is 0.343 e. The molecular weight excluding hydrogens is 426 g/mol. The molecule has 2 N–H and O–H groups in total. The summed E-state index contributed by atoms with van der Waals surface area (Å²) in [6, 6.07) is 18.4. The first kappa shape index (κ1) is 22.9. The zero-order valence-corrected chi connectivity index (χ0v) is 17.5. The maximum atomic E-state index is 12.4. The van der Waals surface area contributed by atoms with E-state index in [9.17, 15) is 24.5 Å². The Morgan fingerprint density at radius 3 is 2.18 bits per heavy atom. The van der Waals surface area contributed by atoms with Crippen LogP contribution in [0.4, 0.5) is 5.69 Å². The Hall–Kier alpha value is -4.79. The van der Waals surface area contributed by atoms with Gasteiger partial charge in [0.2, 0.25) is 0 Å². The van der Waals surface area contributed by atoms with Gasteiger partial charge in [0, 0.05) is 29.3 Å². The third-order valence-corrected chi connectivity index (χ3v) is 4.46. The highest BCUT2D eigenvalue weighted by molar-refractivity contribution is 5.98. The quantitative estimate of drug-likeness (QED) is 0.196. The summed E-state index contributed by atoms with van der Waals surface area (Å²) in [6.07, 6.45) is 2.60. The van der Waals surface area contributed by atoms with Gasteiger partial charge in [0.05, 0.1) is 10.5 Å². The molecular formula is C24H19N3O6. The normalized spacial score (nSPS) is 10.5. The van der Waals surface area contributed by atoms with Gasteiger partial charge in [0.15, 0.2) is 0 Å². The lowest BCUT2D eigenvalue weighted by molar-refractivity contribution is -0.384. The van der Waals surface area contributed by atoms with Crippen molar-refractivity contribution in [1.29, 1.82) is 0 Å². The summed E-state index contributed by atoms with van der Waals surface area (Å²) in [5, 5.41) is 10.7. The van der Waals surface area contributed by atoms with Gasteiger partial charge in [-0.3, -0.25) is 30.6 Å². The molecule has 0 aromatic heterocycles. The molecule has 166 valence electrons. The standard InChI is InChI=1S/C24H19N3O6/c1-16-6-8-18(9-7-16)23(29)26-25-22(28)15-12-17-4-2-3-5-21(17)33-24(30)19-10-13-20(14-11-19)27(31)32/h2-15H,1H3,(H,25,28)(H,26,29)/b15-12+. The minimum Gasteiger partial charge on any atom is -0.422 e. The lowest BCUT2D eigenvalue weighted by Gasteiger charge is -2.08. The van der Waals surface area contributed by atoms with Crippen LogP contribution >= 0.6 is 0 Å². The molecule has 3 aromatic carbocycles. The van der Waals surface area contributed by atoms with Crippen LogP contribution in [0.1, 0.15) is 31.8 Å². The molecule has 0 radical (unpaired) electrons. The van der Waals surface area contributed by atoms with E-state index in [2.05, 4.69) is 10.9 Å². The molecule has 0 unspecified atom stereocenters. The number of nitrogens with one attached hydrogen (secondary N) is 2. The van der Waals surface area contributed by atoms with Crippen LogP contribution in [-0.4, -0.2) is 22.7 Å². The van der Waals surface area contributed by atoms with Gasteiger partial charge in [-0.15, -0.1) is 0 Å². The van der Waals surface area contributed by atoms with E-state index in [4.69, 9.17) is 4.74 Å². The SMILES string of the molecule is Cc1ccc(C(=O)NNC(=O)/C=C/c2ccccc2OC(=O)c2ccc([N+](=O)[O-])cc2)cc1. The second-order valence-corrected chi connectivity index (χ2v) is 6.87. The molecule has 2 amide bonds. The van der Waals surface area contributed by atoms with Crippen LogP contribution in [0.5, 0.6) is 5.75 Å². The van der Waals surface area contributed by atoms with Gasteiger partial charge in [0.1, 0.15) is 5.75 Å². The summed E-state index contributed by atoms with van der Waals surface area (Å²) in [5.41, 5.74) is 6.42. The number of nitro benzene ring substituents is 1. The van der Waals surface area contributed by atoms with Crippen molar-refractivity contribution in [2.24, 2.45) is 0 Å². The number of hydrogen-bond donors (Lipinski definition) is 2. The topological polar surface area (TPSA) is 128 Å². The molecule has 0 saturated carbocycles. The largest absolute Gasteiger partial charge is 0.422 e. The number of hydrogen-bond acceptors (Lipinski definition) is 6. The molecule has 9 nitrogen and oxygen atoms in total. The average molecular weight is 445 g/mol. The minimum atomic E-state index is -0.708. The highest BCUT2D eigenvalue weighted by atomic mass is 16.6. The molecule has 0 aliphatic rings. The van der Waals surface area contributed by atoms with Gasteiger partial charge in [0.25, 0.3) is 17.5 Å². The third kappa shape index (κ3) is 6.34. The molecule has 0 atom stereocenters. The lowest BCUT2D eigenvalue weighted by Crippen LogP contribution is -2.40. The fourth-order valence-electron chi connectivity index (χ4n) is 2.69. The fourth-order valence-corrected chi connectivity index (χ4v) is 2.69. The third-order valence-electron chi connectivity index (χ3n) is 4.46. The highest BCUT2D eigenvalue weighted by Crippen LogP contribution is 2.21. The summed E-state index contributed by atoms with van der Waals surface area (Å²) in [6.45, 7) is 1.90. The smallest absolute Gasteiger partial charge is 0.343 e. The molecule has 0 bridgehead atoms. The van der Waals surface area contributed by atoms with Crippen LogP contribution in [0.15, 0.2) is 78.9 Å². The second-order valence-electron chi connectivity index (χ2n) is 6.87. The van der Waals surface area contributed by atoms with Crippen molar-refractivity contribution < 1.29 is 24.0 Å². The highest BCUT2D eigenvalue weighted by Gasteiger charge is 2.13. The number of hydrazine groups is 1. The van der Waals surface area contributed by atoms with E-state index < -0.39 is 22.7 Å². The molecule has 3 aromatic rings. The molecule has 0 fully saturated rings. The molecule has 0 heterocycles. The number of ether oxygens (including phenoxy) is 1. The molecule has 9 heteroatoms. The van der Waals surface area contributed by atoms with E-state index in [1.54, 1.807) is 48.5 Å². The lowest BCUT2D eigenvalue weighted by atomic mass is 10.1. The van der Waals surface area contributed by atoms with E-state index in [1.807, 2.05) is 6.92 Å². The van der Waals surface area contributed by atoms with Gasteiger partial charge in [-0.25, -0.2) is 4.79 Å². The van der Waals surface area contributed by atoms with Gasteiger partial charge in [-0.2, -0.15) is 0 Å². The number of nitro groups is 1. The molecule has 0 aliphatic heterocycles. The summed E-state index contributed by atoms with van der Waals surface area (Å²) in [7, 11) is 0. The number of carbonyl (C=O) groups is 3. The van der Waals surface area contributed by atoms with Crippen molar-refractivity contribution in [3.05, 3.63) is 111 Å². The van der Waals surface area contributed by atoms with E-state index >= 15 is 0 Å². The Morgan fingerprint density at radius 2 is 1.52 bits per heavy atom. The summed E-state index contributed by atoms with van der Waals surface area (Å²) in [5.74, 6) is -1.57. The van der Waals surface area contributed by atoms with E-state index in [-0.39, 0.29) is 17.0 Å². The Labute approximate surface area is 188 Å². The molecule has 0 spiro atoms. The molecule has 0 aliphatic carbocycles. The van der Waals surface area contributed by atoms with Crippen molar-refractivity contribution in [2.75, 3.05) is 0 Å². The van der Waals surface area contributed by atoms with Crippen LogP contribution in [0.2, 0.25) is 0 Å². The van der Waals surface area contributed by atoms with Crippen molar-refractivity contribution in [3.8, 4) is 5.75 Å². The van der Waals surface area contributed by atoms with Gasteiger partial charge < -0.3 is 4.74 Å². The number of amides is 2. The van der Waals surface area contributed by atoms with Crippen molar-refractivity contribution in [1.82, 2.24) is 10.9 Å². The van der Waals surface area contributed by atoms with Crippen LogP contribution in [0.25, 0.3) is 6.08 Å². The van der Waals surface area contributed by atoms with Gasteiger partial charge in [-0.05, 0) is 43.3 Å². The van der Waals surface area contributed by atoms with E-state index in [0.29, 0.717) is 11.1 Å². The van der Waals surface area contributed by atoms with Gasteiger partial charge >= 0.3 is 5.97 Å². The number of para-hydroxylation sites is 1. The predicted octanol–water partition coefficient (Wildman–Crippen LogP) is 3.60. The van der Waals surface area contributed by atoms with Crippen LogP contribution in [0, 0.1) is 17.0 Å². The van der Waals surface area contributed by atoms with E-state index in [0.717, 1.165) is 5.56 Å². The maximum absolute atomic E-state index is 12.4. The van der Waals surface area contributed by atoms with Gasteiger partial charge in [-0.1, -0.05) is 35.9 Å². The minimum absolute atomic E-state index is 0.135. The Bertz CT molecular complexity index is 1220. The number of nitrogens with zero attached hydrogens (tertiary/aromatic N) is 1. The zero-order chi connectivity index (χ0) is 23.8. The first-order valence-corrected chi connectivity index (χ1v) is 9.74. The van der Waals surface area contributed by atoms with Crippen molar-refractivity contribution in [2.45, 2.75) is 6.92 Å². The Morgan fingerprint density at radius 1 is 0.879 bits per heavy atom. The number of esters is 1. The molecule has 0 saturated heterocycles. The van der Waals surface area contributed by atoms with Crippen LogP contribution in [-0.2, 0) is 4.79 Å². The van der Waals surface area contributed by atoms with Crippen molar-refractivity contribution in [3.63, 3.8) is 0 Å². The summed E-state index contributed by atoms with van der Waals surface area (Å²) < 4.78 is 5.37. The number of carbonyl (C=O) groups excluding carboxylic acids is 3. The van der Waals surface area contributed by atoms with Crippen LogP contribution in [0.3, 0.4) is 0 Å². The summed E-state index contributed by atoms with van der Waals surface area (Å²) >= 11 is 0. The second kappa shape index (κ2) is 10.5. The Kier molecular flexibility index (Phi) is 7.28. The average Bonchev–Trinajstić information content (AvgIpc) is 2.82. The number of aryl methyl sites for hydroxylation is 1. The summed E-state index contributed by atoms with van der Waals surface area (Å²) in [4.78, 5) is 46.7. The Balaban J connectivity index is 1.61.